The molecule has 126 valence electrons. The SMILES string of the molecule is Cc1cccc(NC(=O)C(=O)NCCC(O)c2ccccc2)c1Cl. The maximum Gasteiger partial charge on any atom is 0.313 e. The van der Waals surface area contributed by atoms with Gasteiger partial charge in [-0.05, 0) is 30.5 Å². The molecule has 2 aromatic carbocycles. The minimum atomic E-state index is -0.795. The fourth-order valence-corrected chi connectivity index (χ4v) is 2.34. The van der Waals surface area contributed by atoms with Crippen LogP contribution in [0.2, 0.25) is 5.02 Å². The Morgan fingerprint density at radius 2 is 1.79 bits per heavy atom. The first-order valence-electron chi connectivity index (χ1n) is 7.56. The highest BCUT2D eigenvalue weighted by Crippen LogP contribution is 2.24. The number of anilines is 1. The lowest BCUT2D eigenvalue weighted by Crippen LogP contribution is -2.36. The predicted octanol–water partition coefficient (Wildman–Crippen LogP) is 2.83. The molecule has 0 spiro atoms. The molecule has 0 heterocycles. The molecule has 0 bridgehead atoms. The van der Waals surface area contributed by atoms with Crippen LogP contribution in [-0.2, 0) is 9.59 Å². The maximum atomic E-state index is 11.9. The van der Waals surface area contributed by atoms with Crippen molar-refractivity contribution in [2.75, 3.05) is 11.9 Å². The maximum absolute atomic E-state index is 11.9. The topological polar surface area (TPSA) is 78.4 Å². The zero-order valence-electron chi connectivity index (χ0n) is 13.3. The van der Waals surface area contributed by atoms with Crippen molar-refractivity contribution in [2.24, 2.45) is 0 Å². The van der Waals surface area contributed by atoms with Crippen molar-refractivity contribution in [1.82, 2.24) is 5.32 Å². The first-order chi connectivity index (χ1) is 11.5. The first-order valence-corrected chi connectivity index (χ1v) is 7.94. The molecule has 0 aromatic heterocycles. The third-order valence-electron chi connectivity index (χ3n) is 3.53. The molecule has 0 aliphatic heterocycles. The van der Waals surface area contributed by atoms with Crippen LogP contribution < -0.4 is 10.6 Å². The molecule has 2 rings (SSSR count). The summed E-state index contributed by atoms with van der Waals surface area (Å²) in [5.74, 6) is -1.57. The summed E-state index contributed by atoms with van der Waals surface area (Å²) >= 11 is 6.08. The number of aryl methyl sites for hydroxylation is 1. The van der Waals surface area contributed by atoms with Crippen molar-refractivity contribution < 1.29 is 14.7 Å². The summed E-state index contributed by atoms with van der Waals surface area (Å²) in [7, 11) is 0. The Morgan fingerprint density at radius 3 is 2.50 bits per heavy atom. The van der Waals surface area contributed by atoms with Crippen molar-refractivity contribution in [3.63, 3.8) is 0 Å². The van der Waals surface area contributed by atoms with E-state index in [0.717, 1.165) is 11.1 Å². The van der Waals surface area contributed by atoms with E-state index in [0.29, 0.717) is 17.1 Å². The van der Waals surface area contributed by atoms with Crippen LogP contribution in [0.4, 0.5) is 5.69 Å². The molecule has 6 heteroatoms. The molecule has 0 fully saturated rings. The fourth-order valence-electron chi connectivity index (χ4n) is 2.17. The van der Waals surface area contributed by atoms with Crippen LogP contribution in [0.15, 0.2) is 48.5 Å². The zero-order valence-corrected chi connectivity index (χ0v) is 14.0. The number of hydrogen-bond acceptors (Lipinski definition) is 3. The monoisotopic (exact) mass is 346 g/mol. The van der Waals surface area contributed by atoms with Gasteiger partial charge in [-0.15, -0.1) is 0 Å². The molecule has 2 amide bonds. The van der Waals surface area contributed by atoms with Gasteiger partial charge < -0.3 is 15.7 Å². The molecule has 0 saturated heterocycles. The summed E-state index contributed by atoms with van der Waals surface area (Å²) in [4.78, 5) is 23.7. The molecule has 5 nitrogen and oxygen atoms in total. The Hall–Kier alpha value is -2.37. The van der Waals surface area contributed by atoms with Crippen LogP contribution in [0.1, 0.15) is 23.7 Å². The lowest BCUT2D eigenvalue weighted by atomic mass is 10.1. The summed E-state index contributed by atoms with van der Waals surface area (Å²) in [5, 5.41) is 15.4. The normalized spacial score (nSPS) is 11.6. The molecule has 0 saturated carbocycles. The molecule has 1 atom stereocenters. The van der Waals surface area contributed by atoms with Crippen molar-refractivity contribution in [3.8, 4) is 0 Å². The van der Waals surface area contributed by atoms with Gasteiger partial charge in [-0.3, -0.25) is 9.59 Å². The van der Waals surface area contributed by atoms with E-state index >= 15 is 0 Å². The highest BCUT2D eigenvalue weighted by Gasteiger charge is 2.16. The molecular weight excluding hydrogens is 328 g/mol. The summed E-state index contributed by atoms with van der Waals surface area (Å²) in [5.41, 5.74) is 1.96. The second kappa shape index (κ2) is 8.47. The van der Waals surface area contributed by atoms with E-state index in [1.165, 1.54) is 0 Å². The quantitative estimate of drug-likeness (QED) is 0.728. The second-order valence-electron chi connectivity index (χ2n) is 5.36. The highest BCUT2D eigenvalue weighted by atomic mass is 35.5. The molecule has 0 aliphatic rings. The van der Waals surface area contributed by atoms with Crippen molar-refractivity contribution in [1.29, 1.82) is 0 Å². The van der Waals surface area contributed by atoms with Crippen LogP contribution in [0.25, 0.3) is 0 Å². The largest absolute Gasteiger partial charge is 0.388 e. The van der Waals surface area contributed by atoms with Gasteiger partial charge in [0.1, 0.15) is 0 Å². The smallest absolute Gasteiger partial charge is 0.313 e. The van der Waals surface area contributed by atoms with Gasteiger partial charge in [0.15, 0.2) is 0 Å². The van der Waals surface area contributed by atoms with Crippen LogP contribution in [0.3, 0.4) is 0 Å². The average molecular weight is 347 g/mol. The van der Waals surface area contributed by atoms with Crippen molar-refractivity contribution in [3.05, 3.63) is 64.7 Å². The van der Waals surface area contributed by atoms with E-state index in [1.54, 1.807) is 24.3 Å². The number of aliphatic hydroxyl groups is 1. The van der Waals surface area contributed by atoms with Gasteiger partial charge in [0, 0.05) is 6.54 Å². The summed E-state index contributed by atoms with van der Waals surface area (Å²) in [6.45, 7) is 1.99. The van der Waals surface area contributed by atoms with Gasteiger partial charge in [0.05, 0.1) is 16.8 Å². The molecule has 0 aliphatic carbocycles. The van der Waals surface area contributed by atoms with Gasteiger partial charge in [-0.2, -0.15) is 0 Å². The molecule has 0 radical (unpaired) electrons. The van der Waals surface area contributed by atoms with Gasteiger partial charge in [-0.25, -0.2) is 0 Å². The Morgan fingerprint density at radius 1 is 1.08 bits per heavy atom. The number of carbonyl (C=O) groups excluding carboxylic acids is 2. The number of aliphatic hydroxyl groups excluding tert-OH is 1. The standard InChI is InChI=1S/C18H19ClN2O3/c1-12-6-5-9-14(16(12)19)21-18(24)17(23)20-11-10-15(22)13-7-3-2-4-8-13/h2-9,15,22H,10-11H2,1H3,(H,20,23)(H,21,24). The van der Waals surface area contributed by atoms with Gasteiger partial charge in [0.25, 0.3) is 0 Å². The van der Waals surface area contributed by atoms with E-state index in [-0.39, 0.29) is 6.54 Å². The molecule has 2 aromatic rings. The number of benzene rings is 2. The van der Waals surface area contributed by atoms with E-state index in [2.05, 4.69) is 10.6 Å². The Balaban J connectivity index is 1.82. The molecular formula is C18H19ClN2O3. The minimum absolute atomic E-state index is 0.184. The van der Waals surface area contributed by atoms with Crippen LogP contribution in [0.5, 0.6) is 0 Å². The van der Waals surface area contributed by atoms with Crippen molar-refractivity contribution >= 4 is 29.1 Å². The van der Waals surface area contributed by atoms with E-state index in [1.807, 2.05) is 31.2 Å². The second-order valence-corrected chi connectivity index (χ2v) is 5.74. The van der Waals surface area contributed by atoms with E-state index < -0.39 is 17.9 Å². The molecule has 3 N–H and O–H groups in total. The Bertz CT molecular complexity index is 719. The highest BCUT2D eigenvalue weighted by molar-refractivity contribution is 6.41. The Labute approximate surface area is 145 Å². The lowest BCUT2D eigenvalue weighted by molar-refractivity contribution is -0.136. The number of carbonyl (C=O) groups is 2. The lowest BCUT2D eigenvalue weighted by Gasteiger charge is -2.12. The predicted molar refractivity (Wildman–Crippen MR) is 93.8 cm³/mol. The summed E-state index contributed by atoms with van der Waals surface area (Å²) in [6.07, 6.45) is -0.380. The van der Waals surface area contributed by atoms with Crippen molar-refractivity contribution in [2.45, 2.75) is 19.4 Å². The molecule has 1 unspecified atom stereocenters. The number of halogens is 1. The number of nitrogens with one attached hydrogen (secondary N) is 2. The number of amides is 2. The first kappa shape index (κ1) is 18.0. The van der Waals surface area contributed by atoms with Gasteiger partial charge in [0.2, 0.25) is 0 Å². The van der Waals surface area contributed by atoms with E-state index in [9.17, 15) is 14.7 Å². The fraction of sp³-hybridized carbons (Fsp3) is 0.222. The third-order valence-corrected chi connectivity index (χ3v) is 4.04. The minimum Gasteiger partial charge on any atom is -0.388 e. The third kappa shape index (κ3) is 4.81. The zero-order chi connectivity index (χ0) is 17.5. The van der Waals surface area contributed by atoms with E-state index in [4.69, 9.17) is 11.6 Å². The van der Waals surface area contributed by atoms with Crippen LogP contribution in [0, 0.1) is 6.92 Å². The average Bonchev–Trinajstić information content (AvgIpc) is 2.59. The van der Waals surface area contributed by atoms with Gasteiger partial charge in [-0.1, -0.05) is 54.1 Å². The van der Waals surface area contributed by atoms with Crippen LogP contribution >= 0.6 is 11.6 Å². The van der Waals surface area contributed by atoms with Crippen LogP contribution in [-0.4, -0.2) is 23.5 Å². The van der Waals surface area contributed by atoms with Gasteiger partial charge >= 0.3 is 11.8 Å². The number of hydrogen-bond donors (Lipinski definition) is 3. The Kier molecular flexibility index (Phi) is 6.35. The molecule has 24 heavy (non-hydrogen) atoms. The number of rotatable bonds is 5. The summed E-state index contributed by atoms with van der Waals surface area (Å²) in [6, 6.07) is 14.3. The summed E-state index contributed by atoms with van der Waals surface area (Å²) < 4.78 is 0.